The summed E-state index contributed by atoms with van der Waals surface area (Å²) in [7, 11) is 0. The lowest BCUT2D eigenvalue weighted by molar-refractivity contribution is -0.342. The number of benzene rings is 2. The van der Waals surface area contributed by atoms with E-state index >= 15 is 0 Å². The summed E-state index contributed by atoms with van der Waals surface area (Å²) in [4.78, 5) is 13.2. The van der Waals surface area contributed by atoms with Gasteiger partial charge in [0, 0.05) is 17.7 Å². The molecule has 0 amide bonds. The van der Waals surface area contributed by atoms with Gasteiger partial charge < -0.3 is 74.8 Å². The molecule has 2 aromatic carbocycles. The number of ether oxygens (including phenoxy) is 3. The highest BCUT2D eigenvalue weighted by atomic mass is 16.7. The van der Waals surface area contributed by atoms with Gasteiger partial charge in [-0.05, 0) is 18.2 Å². The predicted molar refractivity (Wildman–Crippen MR) is 140 cm³/mol. The summed E-state index contributed by atoms with van der Waals surface area (Å²) in [5.74, 6) is -2.67. The summed E-state index contributed by atoms with van der Waals surface area (Å²) in [6.45, 7) is -1.65. The number of aliphatic hydroxyl groups is 7. The van der Waals surface area contributed by atoms with Crippen LogP contribution in [0.15, 0.2) is 39.5 Å². The molecule has 0 spiro atoms. The highest BCUT2D eigenvalue weighted by molar-refractivity contribution is 5.88. The molecule has 0 aliphatic carbocycles. The lowest BCUT2D eigenvalue weighted by atomic mass is 9.89. The first-order chi connectivity index (χ1) is 20.4. The average molecular weight is 611 g/mol. The number of aliphatic hydroxyl groups excluding tert-OH is 7. The minimum absolute atomic E-state index is 0.101. The van der Waals surface area contributed by atoms with Crippen molar-refractivity contribution in [1.29, 1.82) is 0 Å². The standard InChI is InChI=1S/C27H30O16/c28-6-15-20(35)23(38)26(43-27-24(39)22(37)19(34)16(7-29)42-27)25(41-15)18-12(33)5-14-17(21(18)36)11(32)4-13(40-14)8-1-2-9(30)10(31)3-8/h1-5,15-16,19-20,22-31,33-39H,6-7H2/t15-,16-,19-,20-,22+,23+,24-,25+,26-,27+/m1/s1. The molecule has 43 heavy (non-hydrogen) atoms. The number of phenolic OH excluding ortho intramolecular Hbond substituents is 4. The second kappa shape index (κ2) is 11.9. The Bertz CT molecular complexity index is 1540. The summed E-state index contributed by atoms with van der Waals surface area (Å²) in [5, 5.41) is 113. The van der Waals surface area contributed by atoms with Gasteiger partial charge in [0.2, 0.25) is 0 Å². The van der Waals surface area contributed by atoms with Gasteiger partial charge in [0.1, 0.15) is 83.2 Å². The molecule has 0 saturated carbocycles. The van der Waals surface area contributed by atoms with E-state index in [2.05, 4.69) is 0 Å². The largest absolute Gasteiger partial charge is 0.507 e. The Morgan fingerprint density at radius 1 is 0.721 bits per heavy atom. The van der Waals surface area contributed by atoms with E-state index in [0.29, 0.717) is 0 Å². The van der Waals surface area contributed by atoms with Gasteiger partial charge in [-0.25, -0.2) is 0 Å². The fourth-order valence-electron chi connectivity index (χ4n) is 5.21. The predicted octanol–water partition coefficient (Wildman–Crippen LogP) is -2.38. The van der Waals surface area contributed by atoms with E-state index in [1.165, 1.54) is 6.07 Å². The van der Waals surface area contributed by atoms with Crippen molar-refractivity contribution in [3.8, 4) is 34.3 Å². The summed E-state index contributed by atoms with van der Waals surface area (Å²) in [6.07, 6.45) is -17.6. The second-order valence-electron chi connectivity index (χ2n) is 10.3. The Labute approximate surface area is 241 Å². The average Bonchev–Trinajstić information content (AvgIpc) is 2.97. The number of hydrogen-bond acceptors (Lipinski definition) is 16. The van der Waals surface area contributed by atoms with Crippen LogP contribution in [0.5, 0.6) is 23.0 Å². The molecule has 2 saturated heterocycles. The van der Waals surface area contributed by atoms with Crippen molar-refractivity contribution < 1.29 is 74.8 Å². The van der Waals surface area contributed by atoms with Gasteiger partial charge in [-0.2, -0.15) is 0 Å². The monoisotopic (exact) mass is 610 g/mol. The molecule has 234 valence electrons. The Morgan fingerprint density at radius 3 is 2.02 bits per heavy atom. The van der Waals surface area contributed by atoms with Gasteiger partial charge in [0.05, 0.1) is 18.8 Å². The molecule has 1 aromatic heterocycles. The first-order valence-corrected chi connectivity index (χ1v) is 13.0. The van der Waals surface area contributed by atoms with E-state index < -0.39 is 114 Å². The van der Waals surface area contributed by atoms with E-state index in [9.17, 15) is 61.0 Å². The van der Waals surface area contributed by atoms with Crippen molar-refractivity contribution in [2.45, 2.75) is 61.2 Å². The van der Waals surface area contributed by atoms with Crippen LogP contribution in [0.2, 0.25) is 0 Å². The zero-order chi connectivity index (χ0) is 31.3. The molecule has 16 nitrogen and oxygen atoms in total. The Balaban J connectivity index is 1.59. The van der Waals surface area contributed by atoms with Crippen LogP contribution in [0.1, 0.15) is 11.7 Å². The molecule has 0 unspecified atom stereocenters. The van der Waals surface area contributed by atoms with E-state index in [1.807, 2.05) is 0 Å². The zero-order valence-corrected chi connectivity index (χ0v) is 22.0. The molecule has 3 heterocycles. The van der Waals surface area contributed by atoms with Crippen LogP contribution in [0.3, 0.4) is 0 Å². The van der Waals surface area contributed by atoms with Crippen molar-refractivity contribution in [2.24, 2.45) is 0 Å². The van der Waals surface area contributed by atoms with E-state index in [1.54, 1.807) is 0 Å². The molecular weight excluding hydrogens is 580 g/mol. The molecule has 16 heteroatoms. The number of fused-ring (bicyclic) bond motifs is 1. The van der Waals surface area contributed by atoms with Crippen LogP contribution in [-0.2, 0) is 14.2 Å². The van der Waals surface area contributed by atoms with Gasteiger partial charge in [0.25, 0.3) is 0 Å². The topological polar surface area (TPSA) is 280 Å². The summed E-state index contributed by atoms with van der Waals surface area (Å²) >= 11 is 0. The maximum absolute atomic E-state index is 13.2. The summed E-state index contributed by atoms with van der Waals surface area (Å²) in [5.41, 5.74) is -1.53. The molecule has 2 aliphatic heterocycles. The Hall–Kier alpha value is -3.55. The fourth-order valence-corrected chi connectivity index (χ4v) is 5.21. The maximum atomic E-state index is 13.2. The first-order valence-electron chi connectivity index (χ1n) is 13.0. The van der Waals surface area contributed by atoms with Gasteiger partial charge >= 0.3 is 0 Å². The number of rotatable bonds is 6. The summed E-state index contributed by atoms with van der Waals surface area (Å²) in [6, 6.07) is 5.51. The quantitative estimate of drug-likeness (QED) is 0.130. The lowest BCUT2D eigenvalue weighted by Crippen LogP contribution is -2.62. The molecule has 0 bridgehead atoms. The van der Waals surface area contributed by atoms with E-state index in [0.717, 1.165) is 24.3 Å². The molecular formula is C27H30O16. The highest BCUT2D eigenvalue weighted by Gasteiger charge is 2.52. The van der Waals surface area contributed by atoms with Gasteiger partial charge in [0.15, 0.2) is 23.2 Å². The van der Waals surface area contributed by atoms with Crippen LogP contribution < -0.4 is 5.43 Å². The molecule has 5 rings (SSSR count). The van der Waals surface area contributed by atoms with E-state index in [-0.39, 0.29) is 16.9 Å². The SMILES string of the molecule is O=c1cc(-c2ccc(O)c(O)c2)oc2cc(O)c([C@@H]3O[C@H](CO)[C@@H](O)[C@H](O)[C@H]3O[C@@H]3O[C@H](CO)[C@@H](O)[C@H](O)[C@H]3O)c(O)c12. The minimum atomic E-state index is -1.95. The van der Waals surface area contributed by atoms with Crippen LogP contribution in [0.25, 0.3) is 22.3 Å². The van der Waals surface area contributed by atoms with Crippen molar-refractivity contribution in [2.75, 3.05) is 13.2 Å². The number of aromatic hydroxyl groups is 4. The third kappa shape index (κ3) is 5.38. The van der Waals surface area contributed by atoms with Crippen LogP contribution in [-0.4, -0.2) is 125 Å². The Kier molecular flexibility index (Phi) is 8.52. The maximum Gasteiger partial charge on any atom is 0.197 e. The van der Waals surface area contributed by atoms with Crippen molar-refractivity contribution >= 4 is 11.0 Å². The molecule has 0 radical (unpaired) electrons. The van der Waals surface area contributed by atoms with Crippen molar-refractivity contribution in [3.05, 3.63) is 46.1 Å². The fraction of sp³-hybridized carbons (Fsp3) is 0.444. The number of phenols is 4. The molecule has 2 fully saturated rings. The van der Waals surface area contributed by atoms with Crippen LogP contribution in [0.4, 0.5) is 0 Å². The lowest BCUT2D eigenvalue weighted by Gasteiger charge is -2.46. The molecule has 3 aromatic rings. The van der Waals surface area contributed by atoms with Crippen LogP contribution >= 0.6 is 0 Å². The molecule has 2 aliphatic rings. The van der Waals surface area contributed by atoms with E-state index in [4.69, 9.17) is 18.6 Å². The first kappa shape index (κ1) is 30.9. The van der Waals surface area contributed by atoms with Gasteiger partial charge in [-0.1, -0.05) is 0 Å². The summed E-state index contributed by atoms with van der Waals surface area (Å²) < 4.78 is 22.3. The molecule has 11 N–H and O–H groups in total. The minimum Gasteiger partial charge on any atom is -0.507 e. The Morgan fingerprint density at radius 2 is 1.37 bits per heavy atom. The van der Waals surface area contributed by atoms with Gasteiger partial charge in [-0.15, -0.1) is 0 Å². The van der Waals surface area contributed by atoms with Crippen molar-refractivity contribution in [1.82, 2.24) is 0 Å². The second-order valence-corrected chi connectivity index (χ2v) is 10.3. The van der Waals surface area contributed by atoms with Crippen LogP contribution in [0, 0.1) is 0 Å². The highest BCUT2D eigenvalue weighted by Crippen LogP contribution is 2.46. The van der Waals surface area contributed by atoms with Crippen molar-refractivity contribution in [3.63, 3.8) is 0 Å². The smallest absolute Gasteiger partial charge is 0.197 e. The molecule has 10 atom stereocenters. The number of hydrogen-bond donors (Lipinski definition) is 11. The third-order valence-electron chi connectivity index (χ3n) is 7.56. The normalized spacial score (nSPS) is 33.1. The van der Waals surface area contributed by atoms with Gasteiger partial charge in [-0.3, -0.25) is 4.79 Å². The zero-order valence-electron chi connectivity index (χ0n) is 22.0. The third-order valence-corrected chi connectivity index (χ3v) is 7.56.